The second kappa shape index (κ2) is 9.03. The van der Waals surface area contributed by atoms with Crippen molar-refractivity contribution in [2.24, 2.45) is 0 Å². The molecule has 1 aromatic rings. The molecule has 1 N–H and O–H groups in total. The number of hydrogen-bond donors (Lipinski definition) is 1. The van der Waals surface area contributed by atoms with Gasteiger partial charge in [-0.25, -0.2) is 0 Å². The molecule has 2 aliphatic rings. The maximum Gasteiger partial charge on any atom is 0.265 e. The van der Waals surface area contributed by atoms with Crippen molar-refractivity contribution in [3.8, 4) is 5.75 Å². The first kappa shape index (κ1) is 18.7. The van der Waals surface area contributed by atoms with Crippen molar-refractivity contribution in [3.63, 3.8) is 0 Å². The summed E-state index contributed by atoms with van der Waals surface area (Å²) in [4.78, 5) is 28.7. The van der Waals surface area contributed by atoms with Crippen LogP contribution in [0.4, 0.5) is 5.69 Å². The van der Waals surface area contributed by atoms with Gasteiger partial charge in [-0.05, 0) is 44.5 Å². The quantitative estimate of drug-likeness (QED) is 0.811. The van der Waals surface area contributed by atoms with E-state index >= 15 is 0 Å². The Balaban J connectivity index is 1.54. The number of anilines is 1. The minimum Gasteiger partial charge on any atom is -0.482 e. The molecule has 0 aliphatic carbocycles. The Bertz CT molecular complexity index is 634. The summed E-state index contributed by atoms with van der Waals surface area (Å²) in [5.41, 5.74) is 0.668. The largest absolute Gasteiger partial charge is 0.482 e. The van der Waals surface area contributed by atoms with E-state index in [2.05, 4.69) is 17.1 Å². The lowest BCUT2D eigenvalue weighted by Crippen LogP contribution is -2.50. The second-order valence-electron chi connectivity index (χ2n) is 7.08. The molecule has 2 heterocycles. The topological polar surface area (TPSA) is 61.9 Å². The molecule has 1 unspecified atom stereocenters. The van der Waals surface area contributed by atoms with Crippen LogP contribution in [0.3, 0.4) is 0 Å². The lowest BCUT2D eigenvalue weighted by Gasteiger charge is -2.36. The van der Waals surface area contributed by atoms with Crippen molar-refractivity contribution in [1.82, 2.24) is 10.2 Å². The van der Waals surface area contributed by atoms with E-state index in [0.29, 0.717) is 24.0 Å². The zero-order chi connectivity index (χ0) is 18.4. The Morgan fingerprint density at radius 3 is 3.00 bits per heavy atom. The van der Waals surface area contributed by atoms with E-state index in [1.165, 1.54) is 30.6 Å². The number of piperidine rings is 1. The molecule has 1 atom stereocenters. The predicted molar refractivity (Wildman–Crippen MR) is 101 cm³/mol. The van der Waals surface area contributed by atoms with Gasteiger partial charge in [0.1, 0.15) is 12.3 Å². The molecule has 1 saturated heterocycles. The highest BCUT2D eigenvalue weighted by molar-refractivity contribution is 6.02. The Kier molecular flexibility index (Phi) is 6.50. The van der Waals surface area contributed by atoms with Crippen molar-refractivity contribution in [1.29, 1.82) is 0 Å². The number of rotatable bonds is 7. The van der Waals surface area contributed by atoms with Crippen molar-refractivity contribution in [2.75, 3.05) is 37.7 Å². The Hall–Kier alpha value is -2.08. The molecule has 0 radical (unpaired) electrons. The fraction of sp³-hybridized carbons (Fsp3) is 0.600. The van der Waals surface area contributed by atoms with Crippen molar-refractivity contribution in [2.45, 2.75) is 45.1 Å². The van der Waals surface area contributed by atoms with Crippen LogP contribution in [0.5, 0.6) is 5.75 Å². The van der Waals surface area contributed by atoms with E-state index in [1.54, 1.807) is 0 Å². The molecule has 1 fully saturated rings. The first-order valence-corrected chi connectivity index (χ1v) is 9.72. The number of amides is 2. The SMILES string of the molecule is CCCCN1CCCCC1CNC(=O)CN1C(=O)COc2ccccc21. The van der Waals surface area contributed by atoms with Crippen LogP contribution in [0.25, 0.3) is 0 Å². The van der Waals surface area contributed by atoms with Gasteiger partial charge >= 0.3 is 0 Å². The van der Waals surface area contributed by atoms with E-state index in [9.17, 15) is 9.59 Å². The average molecular weight is 359 g/mol. The number of carbonyl (C=O) groups is 2. The third kappa shape index (κ3) is 4.55. The van der Waals surface area contributed by atoms with Crippen LogP contribution in [0.2, 0.25) is 0 Å². The first-order chi connectivity index (χ1) is 12.7. The smallest absolute Gasteiger partial charge is 0.265 e. The van der Waals surface area contributed by atoms with Crippen LogP contribution in [-0.2, 0) is 9.59 Å². The number of para-hydroxylation sites is 2. The third-order valence-electron chi connectivity index (χ3n) is 5.19. The fourth-order valence-electron chi connectivity index (χ4n) is 3.71. The summed E-state index contributed by atoms with van der Waals surface area (Å²) in [7, 11) is 0. The lowest BCUT2D eigenvalue weighted by molar-refractivity contribution is -0.125. The molecule has 6 heteroatoms. The van der Waals surface area contributed by atoms with Gasteiger partial charge in [0.05, 0.1) is 5.69 Å². The minimum atomic E-state index is -0.180. The number of likely N-dealkylation sites (tertiary alicyclic amines) is 1. The highest BCUT2D eigenvalue weighted by atomic mass is 16.5. The molecule has 26 heavy (non-hydrogen) atoms. The summed E-state index contributed by atoms with van der Waals surface area (Å²) < 4.78 is 5.42. The van der Waals surface area contributed by atoms with E-state index in [-0.39, 0.29) is 25.0 Å². The van der Waals surface area contributed by atoms with Gasteiger partial charge < -0.3 is 10.1 Å². The molecule has 2 aliphatic heterocycles. The number of ether oxygens (including phenoxy) is 1. The Morgan fingerprint density at radius 2 is 2.15 bits per heavy atom. The van der Waals surface area contributed by atoms with Crippen LogP contribution in [0, 0.1) is 0 Å². The van der Waals surface area contributed by atoms with Crippen LogP contribution >= 0.6 is 0 Å². The van der Waals surface area contributed by atoms with Crippen LogP contribution in [0.1, 0.15) is 39.0 Å². The number of hydrogen-bond acceptors (Lipinski definition) is 4. The molecule has 0 bridgehead atoms. The molecule has 2 amide bonds. The summed E-state index contributed by atoms with van der Waals surface area (Å²) in [6, 6.07) is 7.75. The van der Waals surface area contributed by atoms with Crippen molar-refractivity contribution >= 4 is 17.5 Å². The van der Waals surface area contributed by atoms with Gasteiger partial charge in [-0.15, -0.1) is 0 Å². The fourth-order valence-corrected chi connectivity index (χ4v) is 3.71. The lowest BCUT2D eigenvalue weighted by atomic mass is 10.0. The van der Waals surface area contributed by atoms with Crippen molar-refractivity contribution < 1.29 is 14.3 Å². The monoisotopic (exact) mass is 359 g/mol. The number of fused-ring (bicyclic) bond motifs is 1. The highest BCUT2D eigenvalue weighted by Gasteiger charge is 2.28. The maximum atomic E-state index is 12.5. The van der Waals surface area contributed by atoms with Gasteiger partial charge in [0, 0.05) is 12.6 Å². The number of nitrogens with one attached hydrogen (secondary N) is 1. The molecule has 0 spiro atoms. The molecule has 0 aromatic heterocycles. The van der Waals surface area contributed by atoms with Crippen LogP contribution < -0.4 is 15.0 Å². The Labute approximate surface area is 155 Å². The number of carbonyl (C=O) groups excluding carboxylic acids is 2. The normalized spacial score (nSPS) is 20.4. The maximum absolute atomic E-state index is 12.5. The molecule has 1 aromatic carbocycles. The zero-order valence-electron chi connectivity index (χ0n) is 15.6. The minimum absolute atomic E-state index is 0.0162. The third-order valence-corrected chi connectivity index (χ3v) is 5.19. The van der Waals surface area contributed by atoms with E-state index in [1.807, 2.05) is 24.3 Å². The summed E-state index contributed by atoms with van der Waals surface area (Å²) in [5, 5.41) is 3.04. The van der Waals surface area contributed by atoms with E-state index in [4.69, 9.17) is 4.74 Å². The second-order valence-corrected chi connectivity index (χ2v) is 7.08. The summed E-state index contributed by atoms with van der Waals surface area (Å²) in [6.07, 6.45) is 5.98. The number of benzene rings is 1. The zero-order valence-corrected chi connectivity index (χ0v) is 15.6. The summed E-state index contributed by atoms with van der Waals surface area (Å²) in [5.74, 6) is 0.357. The van der Waals surface area contributed by atoms with Gasteiger partial charge in [0.25, 0.3) is 5.91 Å². The van der Waals surface area contributed by atoms with E-state index in [0.717, 1.165) is 19.5 Å². The Morgan fingerprint density at radius 1 is 1.31 bits per heavy atom. The molecular weight excluding hydrogens is 330 g/mol. The van der Waals surface area contributed by atoms with E-state index < -0.39 is 0 Å². The van der Waals surface area contributed by atoms with Gasteiger partial charge in [-0.3, -0.25) is 19.4 Å². The highest BCUT2D eigenvalue weighted by Crippen LogP contribution is 2.31. The summed E-state index contributed by atoms with van der Waals surface area (Å²) >= 11 is 0. The van der Waals surface area contributed by atoms with Crippen LogP contribution in [0.15, 0.2) is 24.3 Å². The van der Waals surface area contributed by atoms with Gasteiger partial charge in [-0.2, -0.15) is 0 Å². The van der Waals surface area contributed by atoms with Crippen molar-refractivity contribution in [3.05, 3.63) is 24.3 Å². The first-order valence-electron chi connectivity index (χ1n) is 9.72. The van der Waals surface area contributed by atoms with Gasteiger partial charge in [0.2, 0.25) is 5.91 Å². The molecule has 6 nitrogen and oxygen atoms in total. The molecule has 142 valence electrons. The van der Waals surface area contributed by atoms with Gasteiger partial charge in [0.15, 0.2) is 6.61 Å². The van der Waals surface area contributed by atoms with Gasteiger partial charge in [-0.1, -0.05) is 31.9 Å². The molecule has 0 saturated carbocycles. The molecule has 3 rings (SSSR count). The van der Waals surface area contributed by atoms with Crippen LogP contribution in [-0.4, -0.2) is 55.5 Å². The molecular formula is C20H29N3O3. The predicted octanol–water partition coefficient (Wildman–Crippen LogP) is 2.18. The number of nitrogens with zero attached hydrogens (tertiary/aromatic N) is 2. The summed E-state index contributed by atoms with van der Waals surface area (Å²) in [6.45, 7) is 5.11. The average Bonchev–Trinajstić information content (AvgIpc) is 2.67. The standard InChI is InChI=1S/C20H29N3O3/c1-2-3-11-22-12-7-6-8-16(22)13-21-19(24)14-23-17-9-4-5-10-18(17)26-15-20(23)25/h4-5,9-10,16H,2-3,6-8,11-15H2,1H3,(H,21,24). The number of unbranched alkanes of at least 4 members (excludes halogenated alkanes) is 1.